The van der Waals surface area contributed by atoms with E-state index in [1.54, 1.807) is 0 Å². The molecule has 0 aromatic rings. The van der Waals surface area contributed by atoms with Gasteiger partial charge in [0.2, 0.25) is 0 Å². The highest BCUT2D eigenvalue weighted by Crippen LogP contribution is 2.40. The van der Waals surface area contributed by atoms with Gasteiger partial charge in [0.15, 0.2) is 0 Å². The van der Waals surface area contributed by atoms with E-state index in [0.717, 1.165) is 25.7 Å². The van der Waals surface area contributed by atoms with Gasteiger partial charge in [-0.05, 0) is 56.8 Å². The molecule has 0 heterocycles. The van der Waals surface area contributed by atoms with E-state index in [2.05, 4.69) is 13.8 Å². The Balaban J connectivity index is 1.90. The van der Waals surface area contributed by atoms with Crippen molar-refractivity contribution in [3.8, 4) is 0 Å². The van der Waals surface area contributed by atoms with Crippen LogP contribution in [0.1, 0.15) is 52.9 Å². The molecule has 3 unspecified atom stereocenters. The molecule has 3 atom stereocenters. The predicted octanol–water partition coefficient (Wildman–Crippen LogP) is 2.50. The van der Waals surface area contributed by atoms with Crippen LogP contribution in [0.15, 0.2) is 0 Å². The molecule has 2 N–H and O–H groups in total. The van der Waals surface area contributed by atoms with Crippen LogP contribution in [-0.2, 0) is 14.3 Å². The van der Waals surface area contributed by atoms with E-state index in [9.17, 15) is 4.79 Å². The molecular formula is C16H29NO3. The summed E-state index contributed by atoms with van der Waals surface area (Å²) in [6.45, 7) is 7.04. The highest BCUT2D eigenvalue weighted by atomic mass is 16.5. The predicted molar refractivity (Wildman–Crippen MR) is 78.2 cm³/mol. The molecule has 2 aliphatic carbocycles. The lowest BCUT2D eigenvalue weighted by atomic mass is 9.81. The van der Waals surface area contributed by atoms with Gasteiger partial charge in [-0.3, -0.25) is 0 Å². The van der Waals surface area contributed by atoms with Crippen molar-refractivity contribution >= 4 is 5.97 Å². The third kappa shape index (κ3) is 3.73. The lowest BCUT2D eigenvalue weighted by molar-refractivity contribution is -0.155. The van der Waals surface area contributed by atoms with E-state index in [1.165, 1.54) is 6.42 Å². The smallest absolute Gasteiger partial charge is 0.328 e. The first-order chi connectivity index (χ1) is 9.45. The van der Waals surface area contributed by atoms with Crippen molar-refractivity contribution < 1.29 is 14.3 Å². The zero-order valence-electron chi connectivity index (χ0n) is 13.1. The zero-order chi connectivity index (χ0) is 14.8. The number of rotatable bonds is 6. The van der Waals surface area contributed by atoms with Crippen molar-refractivity contribution in [1.82, 2.24) is 0 Å². The van der Waals surface area contributed by atoms with E-state index >= 15 is 0 Å². The van der Waals surface area contributed by atoms with Gasteiger partial charge in [-0.25, -0.2) is 4.79 Å². The van der Waals surface area contributed by atoms with Gasteiger partial charge >= 0.3 is 5.97 Å². The van der Waals surface area contributed by atoms with Crippen LogP contribution in [0.25, 0.3) is 0 Å². The molecule has 0 amide bonds. The molecular weight excluding hydrogens is 254 g/mol. The molecule has 0 aromatic heterocycles. The highest BCUT2D eigenvalue weighted by Gasteiger charge is 2.50. The summed E-state index contributed by atoms with van der Waals surface area (Å²) in [7, 11) is 0. The van der Waals surface area contributed by atoms with Gasteiger partial charge in [-0.1, -0.05) is 13.8 Å². The molecule has 2 rings (SSSR count). The third-order valence-corrected chi connectivity index (χ3v) is 4.65. The van der Waals surface area contributed by atoms with Crippen LogP contribution in [0, 0.1) is 17.8 Å². The maximum atomic E-state index is 12.1. The van der Waals surface area contributed by atoms with E-state index in [-0.39, 0.29) is 18.0 Å². The molecule has 0 radical (unpaired) electrons. The summed E-state index contributed by atoms with van der Waals surface area (Å²) in [5.41, 5.74) is 5.39. The molecule has 0 aromatic carbocycles. The van der Waals surface area contributed by atoms with Crippen LogP contribution in [-0.4, -0.2) is 30.8 Å². The first kappa shape index (κ1) is 15.8. The fraction of sp³-hybridized carbons (Fsp3) is 0.938. The average molecular weight is 283 g/mol. The van der Waals surface area contributed by atoms with Gasteiger partial charge in [-0.15, -0.1) is 0 Å². The van der Waals surface area contributed by atoms with Gasteiger partial charge in [0.05, 0.1) is 19.3 Å². The molecule has 0 bridgehead atoms. The molecule has 2 aliphatic rings. The largest absolute Gasteiger partial charge is 0.465 e. The molecule has 116 valence electrons. The number of esters is 1. The summed E-state index contributed by atoms with van der Waals surface area (Å²) < 4.78 is 11.2. The summed E-state index contributed by atoms with van der Waals surface area (Å²) in [6, 6.07) is 0. The Bertz CT molecular complexity index is 333. The number of carbonyl (C=O) groups is 1. The number of carbonyl (C=O) groups excluding carboxylic acids is 1. The number of hydrogen-bond donors (Lipinski definition) is 1. The maximum Gasteiger partial charge on any atom is 0.328 e. The molecule has 4 heteroatoms. The van der Waals surface area contributed by atoms with Gasteiger partial charge in [-0.2, -0.15) is 0 Å². The van der Waals surface area contributed by atoms with Crippen molar-refractivity contribution in [1.29, 1.82) is 0 Å². The van der Waals surface area contributed by atoms with Crippen molar-refractivity contribution in [3.63, 3.8) is 0 Å². The second-order valence-corrected chi connectivity index (χ2v) is 6.89. The maximum absolute atomic E-state index is 12.1. The Labute approximate surface area is 122 Å². The standard InChI is InChI=1S/C16H29NO3/c1-4-19-15(18)16(17,13-5-6-13)10-20-14-8-11(2)7-12(3)9-14/h11-14H,4-10,17H2,1-3H3. The number of ether oxygens (including phenoxy) is 2. The lowest BCUT2D eigenvalue weighted by Crippen LogP contribution is -2.55. The monoisotopic (exact) mass is 283 g/mol. The number of hydrogen-bond acceptors (Lipinski definition) is 4. The molecule has 0 spiro atoms. The summed E-state index contributed by atoms with van der Waals surface area (Å²) >= 11 is 0. The number of nitrogens with two attached hydrogens (primary N) is 1. The summed E-state index contributed by atoms with van der Waals surface area (Å²) in [6.07, 6.45) is 5.69. The minimum absolute atomic E-state index is 0.236. The topological polar surface area (TPSA) is 61.5 Å². The summed E-state index contributed by atoms with van der Waals surface area (Å²) in [4.78, 5) is 12.1. The molecule has 20 heavy (non-hydrogen) atoms. The van der Waals surface area contributed by atoms with Gasteiger partial charge in [0.1, 0.15) is 5.54 Å². The zero-order valence-corrected chi connectivity index (χ0v) is 13.1. The summed E-state index contributed by atoms with van der Waals surface area (Å²) in [5, 5.41) is 0. The van der Waals surface area contributed by atoms with Crippen LogP contribution < -0.4 is 5.73 Å². The van der Waals surface area contributed by atoms with E-state index in [1.807, 2.05) is 6.92 Å². The van der Waals surface area contributed by atoms with E-state index in [4.69, 9.17) is 15.2 Å². The van der Waals surface area contributed by atoms with Crippen LogP contribution in [0.5, 0.6) is 0 Å². The fourth-order valence-corrected chi connectivity index (χ4v) is 3.47. The normalized spacial score (nSPS) is 33.5. The Hall–Kier alpha value is -0.610. The van der Waals surface area contributed by atoms with Gasteiger partial charge < -0.3 is 15.2 Å². The van der Waals surface area contributed by atoms with Crippen LogP contribution >= 0.6 is 0 Å². The molecule has 0 aliphatic heterocycles. The first-order valence-electron chi connectivity index (χ1n) is 8.03. The van der Waals surface area contributed by atoms with Crippen molar-refractivity contribution in [2.45, 2.75) is 64.5 Å². The average Bonchev–Trinajstić information content (AvgIpc) is 3.19. The summed E-state index contributed by atoms with van der Waals surface area (Å²) in [5.74, 6) is 1.33. The Morgan fingerprint density at radius 3 is 2.30 bits per heavy atom. The third-order valence-electron chi connectivity index (χ3n) is 4.65. The van der Waals surface area contributed by atoms with Crippen molar-refractivity contribution in [2.24, 2.45) is 23.5 Å². The first-order valence-corrected chi connectivity index (χ1v) is 8.03. The van der Waals surface area contributed by atoms with Gasteiger partial charge in [0, 0.05) is 0 Å². The quantitative estimate of drug-likeness (QED) is 0.761. The van der Waals surface area contributed by atoms with Crippen LogP contribution in [0.3, 0.4) is 0 Å². The lowest BCUT2D eigenvalue weighted by Gasteiger charge is -2.34. The van der Waals surface area contributed by atoms with E-state index in [0.29, 0.717) is 25.0 Å². The minimum atomic E-state index is -0.931. The SMILES string of the molecule is CCOC(=O)C(N)(COC1CC(C)CC(C)C1)C1CC1. The minimum Gasteiger partial charge on any atom is -0.465 e. The fourth-order valence-electron chi connectivity index (χ4n) is 3.47. The Morgan fingerprint density at radius 1 is 1.20 bits per heavy atom. The molecule has 4 nitrogen and oxygen atoms in total. The van der Waals surface area contributed by atoms with Crippen molar-refractivity contribution in [3.05, 3.63) is 0 Å². The Kier molecular flexibility index (Phi) is 5.08. The van der Waals surface area contributed by atoms with Gasteiger partial charge in [0.25, 0.3) is 0 Å². The molecule has 0 saturated heterocycles. The highest BCUT2D eigenvalue weighted by molar-refractivity contribution is 5.81. The van der Waals surface area contributed by atoms with Crippen LogP contribution in [0.2, 0.25) is 0 Å². The second kappa shape index (κ2) is 6.44. The second-order valence-electron chi connectivity index (χ2n) is 6.89. The van der Waals surface area contributed by atoms with Crippen molar-refractivity contribution in [2.75, 3.05) is 13.2 Å². The molecule has 2 fully saturated rings. The van der Waals surface area contributed by atoms with E-state index < -0.39 is 5.54 Å². The molecule has 2 saturated carbocycles. The van der Waals surface area contributed by atoms with Crippen LogP contribution in [0.4, 0.5) is 0 Å². The Morgan fingerprint density at radius 2 is 1.80 bits per heavy atom.